The summed E-state index contributed by atoms with van der Waals surface area (Å²) in [5.74, 6) is 1.65. The standard InChI is InChI=1S/C8H12ClN3OS3/c1-12(14)8(13)10-2-3-15-4-6-5-16-7(9)11-6/h5,14H,2-4H2,1H3,(H,10,13). The van der Waals surface area contributed by atoms with Crippen LogP contribution in [0.15, 0.2) is 5.38 Å². The molecule has 0 aliphatic carbocycles. The van der Waals surface area contributed by atoms with Crippen LogP contribution in [0.4, 0.5) is 4.79 Å². The molecule has 1 rings (SSSR count). The highest BCUT2D eigenvalue weighted by Crippen LogP contribution is 2.18. The van der Waals surface area contributed by atoms with E-state index in [-0.39, 0.29) is 6.03 Å². The third kappa shape index (κ3) is 5.29. The Morgan fingerprint density at radius 1 is 1.81 bits per heavy atom. The van der Waals surface area contributed by atoms with E-state index in [4.69, 9.17) is 11.6 Å². The van der Waals surface area contributed by atoms with Gasteiger partial charge in [-0.25, -0.2) is 9.78 Å². The number of nitrogens with zero attached hydrogens (tertiary/aromatic N) is 2. The van der Waals surface area contributed by atoms with Crippen LogP contribution in [0.5, 0.6) is 0 Å². The maximum Gasteiger partial charge on any atom is 0.326 e. The third-order valence-electron chi connectivity index (χ3n) is 1.59. The minimum atomic E-state index is -0.194. The number of carbonyl (C=O) groups excluding carboxylic acids is 1. The van der Waals surface area contributed by atoms with Crippen molar-refractivity contribution in [2.45, 2.75) is 5.75 Å². The Morgan fingerprint density at radius 3 is 3.12 bits per heavy atom. The first-order valence-corrected chi connectivity index (χ1v) is 7.29. The number of thiazole rings is 1. The normalized spacial score (nSPS) is 10.2. The van der Waals surface area contributed by atoms with Crippen LogP contribution >= 0.6 is 47.5 Å². The van der Waals surface area contributed by atoms with E-state index in [0.29, 0.717) is 11.0 Å². The van der Waals surface area contributed by atoms with Gasteiger partial charge in [-0.2, -0.15) is 11.8 Å². The summed E-state index contributed by atoms with van der Waals surface area (Å²) >= 11 is 12.7. The van der Waals surface area contributed by atoms with Crippen molar-refractivity contribution in [2.75, 3.05) is 19.3 Å². The second kappa shape index (κ2) is 7.26. The number of aromatic nitrogens is 1. The van der Waals surface area contributed by atoms with Crippen LogP contribution in [0, 0.1) is 0 Å². The average Bonchev–Trinajstić information content (AvgIpc) is 2.63. The van der Waals surface area contributed by atoms with Gasteiger partial charge in [-0.1, -0.05) is 24.4 Å². The lowest BCUT2D eigenvalue weighted by Gasteiger charge is -2.09. The van der Waals surface area contributed by atoms with Crippen molar-refractivity contribution in [3.63, 3.8) is 0 Å². The summed E-state index contributed by atoms with van der Waals surface area (Å²) in [5, 5.41) is 4.66. The summed E-state index contributed by atoms with van der Waals surface area (Å²) < 4.78 is 1.78. The zero-order valence-corrected chi connectivity index (χ0v) is 11.9. The highest BCUT2D eigenvalue weighted by molar-refractivity contribution is 7.98. The molecule has 16 heavy (non-hydrogen) atoms. The van der Waals surface area contributed by atoms with Gasteiger partial charge in [0.25, 0.3) is 0 Å². The van der Waals surface area contributed by atoms with Crippen LogP contribution in [0.2, 0.25) is 4.47 Å². The Bertz CT molecular complexity index is 345. The van der Waals surface area contributed by atoms with Gasteiger partial charge >= 0.3 is 6.03 Å². The number of carbonyl (C=O) groups is 1. The van der Waals surface area contributed by atoms with Crippen molar-refractivity contribution in [1.29, 1.82) is 0 Å². The number of urea groups is 1. The first-order valence-electron chi connectivity index (χ1n) is 4.47. The minimum absolute atomic E-state index is 0.194. The number of rotatable bonds is 5. The first kappa shape index (κ1) is 14.0. The molecule has 1 aromatic rings. The first-order chi connectivity index (χ1) is 7.59. The number of thiol groups is 1. The largest absolute Gasteiger partial charge is 0.336 e. The summed E-state index contributed by atoms with van der Waals surface area (Å²) in [4.78, 5) is 15.2. The smallest absolute Gasteiger partial charge is 0.326 e. The fourth-order valence-corrected chi connectivity index (χ4v) is 2.58. The molecule has 90 valence electrons. The van der Waals surface area contributed by atoms with Crippen molar-refractivity contribution in [1.82, 2.24) is 14.6 Å². The molecule has 0 saturated heterocycles. The van der Waals surface area contributed by atoms with Crippen molar-refractivity contribution in [3.8, 4) is 0 Å². The van der Waals surface area contributed by atoms with Crippen LogP contribution in [-0.4, -0.2) is 34.7 Å². The van der Waals surface area contributed by atoms with Gasteiger partial charge in [-0.15, -0.1) is 11.3 Å². The maximum absolute atomic E-state index is 11.1. The van der Waals surface area contributed by atoms with Crippen LogP contribution in [0.3, 0.4) is 0 Å². The fourth-order valence-electron chi connectivity index (χ4n) is 0.870. The predicted molar refractivity (Wildman–Crippen MR) is 73.4 cm³/mol. The second-order valence-corrected chi connectivity index (χ2v) is 6.05. The van der Waals surface area contributed by atoms with Gasteiger partial charge < -0.3 is 5.32 Å². The van der Waals surface area contributed by atoms with Crippen LogP contribution < -0.4 is 5.32 Å². The number of amides is 2. The van der Waals surface area contributed by atoms with E-state index < -0.39 is 0 Å². The summed E-state index contributed by atoms with van der Waals surface area (Å²) in [6, 6.07) is -0.194. The average molecular weight is 298 g/mol. The van der Waals surface area contributed by atoms with Crippen molar-refractivity contribution >= 4 is 53.5 Å². The second-order valence-electron chi connectivity index (χ2n) is 2.90. The highest BCUT2D eigenvalue weighted by Gasteiger charge is 2.03. The lowest BCUT2D eigenvalue weighted by molar-refractivity contribution is 0.231. The topological polar surface area (TPSA) is 45.2 Å². The lowest BCUT2D eigenvalue weighted by atomic mass is 10.6. The van der Waals surface area contributed by atoms with E-state index in [0.717, 1.165) is 17.2 Å². The molecule has 0 unspecified atom stereocenters. The Balaban J connectivity index is 2.06. The Hall–Kier alpha value is -0.110. The van der Waals surface area contributed by atoms with E-state index in [1.54, 1.807) is 18.8 Å². The van der Waals surface area contributed by atoms with Crippen molar-refractivity contribution in [3.05, 3.63) is 15.5 Å². The van der Waals surface area contributed by atoms with E-state index in [2.05, 4.69) is 23.1 Å². The van der Waals surface area contributed by atoms with Gasteiger partial charge in [-0.05, 0) is 0 Å². The zero-order chi connectivity index (χ0) is 12.0. The molecule has 0 radical (unpaired) electrons. The Kier molecular flexibility index (Phi) is 6.33. The summed E-state index contributed by atoms with van der Waals surface area (Å²) in [7, 11) is 1.59. The highest BCUT2D eigenvalue weighted by atomic mass is 35.5. The minimum Gasteiger partial charge on any atom is -0.336 e. The van der Waals surface area contributed by atoms with Crippen LogP contribution in [0.25, 0.3) is 0 Å². The molecule has 0 spiro atoms. The molecule has 0 fully saturated rings. The van der Waals surface area contributed by atoms with E-state index in [1.807, 2.05) is 5.38 Å². The SMILES string of the molecule is CN(S)C(=O)NCCSCc1csc(Cl)n1. The molecule has 0 aliphatic heterocycles. The Morgan fingerprint density at radius 2 is 2.56 bits per heavy atom. The predicted octanol–water partition coefficient (Wildman–Crippen LogP) is 2.52. The zero-order valence-electron chi connectivity index (χ0n) is 8.64. The van der Waals surface area contributed by atoms with Crippen molar-refractivity contribution in [2.24, 2.45) is 0 Å². The molecular formula is C8H12ClN3OS3. The molecule has 4 nitrogen and oxygen atoms in total. The number of nitrogens with one attached hydrogen (secondary N) is 1. The van der Waals surface area contributed by atoms with Crippen LogP contribution in [-0.2, 0) is 5.75 Å². The van der Waals surface area contributed by atoms with Gasteiger partial charge in [0.1, 0.15) is 0 Å². The number of thioether (sulfide) groups is 1. The maximum atomic E-state index is 11.1. The molecule has 1 aromatic heterocycles. The quantitative estimate of drug-likeness (QED) is 0.648. The molecule has 0 atom stereocenters. The molecule has 0 saturated carbocycles. The van der Waals surface area contributed by atoms with Crippen molar-refractivity contribution < 1.29 is 4.79 Å². The molecule has 1 heterocycles. The van der Waals surface area contributed by atoms with E-state index in [9.17, 15) is 4.79 Å². The van der Waals surface area contributed by atoms with Gasteiger partial charge in [0.15, 0.2) is 4.47 Å². The number of hydrogen-bond acceptors (Lipinski definition) is 5. The fraction of sp³-hybridized carbons (Fsp3) is 0.500. The summed E-state index contributed by atoms with van der Waals surface area (Å²) in [6.07, 6.45) is 0. The van der Waals surface area contributed by atoms with E-state index >= 15 is 0 Å². The van der Waals surface area contributed by atoms with Gasteiger partial charge in [0.2, 0.25) is 0 Å². The third-order valence-corrected chi connectivity index (χ3v) is 3.79. The van der Waals surface area contributed by atoms with E-state index in [1.165, 1.54) is 15.6 Å². The lowest BCUT2D eigenvalue weighted by Crippen LogP contribution is -2.32. The van der Waals surface area contributed by atoms with Gasteiger partial charge in [0, 0.05) is 30.5 Å². The summed E-state index contributed by atoms with van der Waals surface area (Å²) in [5.41, 5.74) is 0.984. The molecule has 1 N–H and O–H groups in total. The molecular weight excluding hydrogens is 286 g/mol. The Labute approximate surface area is 113 Å². The molecule has 0 aliphatic rings. The van der Waals surface area contributed by atoms with Gasteiger partial charge in [-0.3, -0.25) is 4.31 Å². The molecule has 8 heteroatoms. The molecule has 2 amide bonds. The number of halogens is 1. The van der Waals surface area contributed by atoms with Gasteiger partial charge in [0.05, 0.1) is 5.69 Å². The van der Waals surface area contributed by atoms with Crippen LogP contribution in [0.1, 0.15) is 5.69 Å². The monoisotopic (exact) mass is 297 g/mol. The summed E-state index contributed by atoms with van der Waals surface area (Å²) in [6.45, 7) is 0.617. The number of hydrogen-bond donors (Lipinski definition) is 2. The molecule has 0 bridgehead atoms. The molecule has 0 aromatic carbocycles.